The molecule has 3 nitrogen and oxygen atoms in total. The molecule has 0 bridgehead atoms. The lowest BCUT2D eigenvalue weighted by Gasteiger charge is -2.12. The van der Waals surface area contributed by atoms with E-state index in [0.29, 0.717) is 11.3 Å². The third kappa shape index (κ3) is 2.57. The topological polar surface area (TPSA) is 46.5 Å². The van der Waals surface area contributed by atoms with E-state index >= 15 is 0 Å². The molecule has 0 radical (unpaired) electrons. The second-order valence-electron chi connectivity index (χ2n) is 3.16. The van der Waals surface area contributed by atoms with E-state index in [1.807, 2.05) is 6.07 Å². The Kier molecular flexibility index (Phi) is 3.65. The van der Waals surface area contributed by atoms with Gasteiger partial charge in [-0.25, -0.2) is 0 Å². The molecule has 0 saturated carbocycles. The number of ketones is 1. The number of hydrogen-bond donors (Lipinski definition) is 1. The third-order valence-electron chi connectivity index (χ3n) is 1.98. The SMILES string of the molecule is COc1ccccc1[C@@H](O)CC(C)=O. The number of hydrogen-bond acceptors (Lipinski definition) is 3. The number of aliphatic hydroxyl groups excluding tert-OH is 1. The highest BCUT2D eigenvalue weighted by atomic mass is 16.5. The summed E-state index contributed by atoms with van der Waals surface area (Å²) in [4.78, 5) is 10.8. The van der Waals surface area contributed by atoms with Crippen LogP contribution in [0.3, 0.4) is 0 Å². The first kappa shape index (κ1) is 10.7. The van der Waals surface area contributed by atoms with Crippen LogP contribution >= 0.6 is 0 Å². The maximum atomic E-state index is 10.8. The van der Waals surface area contributed by atoms with Crippen molar-refractivity contribution in [1.82, 2.24) is 0 Å². The van der Waals surface area contributed by atoms with E-state index in [1.165, 1.54) is 6.92 Å². The normalized spacial score (nSPS) is 12.2. The van der Waals surface area contributed by atoms with Crippen molar-refractivity contribution in [2.75, 3.05) is 7.11 Å². The van der Waals surface area contributed by atoms with Gasteiger partial charge < -0.3 is 9.84 Å². The van der Waals surface area contributed by atoms with Crippen molar-refractivity contribution in [3.63, 3.8) is 0 Å². The molecular formula is C11H14O3. The van der Waals surface area contributed by atoms with E-state index in [2.05, 4.69) is 0 Å². The van der Waals surface area contributed by atoms with Gasteiger partial charge in [0.1, 0.15) is 11.5 Å². The van der Waals surface area contributed by atoms with E-state index in [9.17, 15) is 9.90 Å². The quantitative estimate of drug-likeness (QED) is 0.793. The van der Waals surface area contributed by atoms with Gasteiger partial charge in [-0.2, -0.15) is 0 Å². The van der Waals surface area contributed by atoms with Crippen LogP contribution in [0.5, 0.6) is 5.75 Å². The molecular weight excluding hydrogens is 180 g/mol. The largest absolute Gasteiger partial charge is 0.496 e. The minimum atomic E-state index is -0.774. The fraction of sp³-hybridized carbons (Fsp3) is 0.364. The van der Waals surface area contributed by atoms with Crippen molar-refractivity contribution < 1.29 is 14.6 Å². The number of ether oxygens (including phenoxy) is 1. The monoisotopic (exact) mass is 194 g/mol. The van der Waals surface area contributed by atoms with Gasteiger partial charge in [-0.3, -0.25) is 4.79 Å². The van der Waals surface area contributed by atoms with Crippen molar-refractivity contribution in [3.8, 4) is 5.75 Å². The molecule has 0 fully saturated rings. The molecule has 1 rings (SSSR count). The number of aliphatic hydroxyl groups is 1. The molecule has 0 aliphatic carbocycles. The highest BCUT2D eigenvalue weighted by Crippen LogP contribution is 2.26. The highest BCUT2D eigenvalue weighted by Gasteiger charge is 2.13. The molecule has 1 atom stereocenters. The summed E-state index contributed by atoms with van der Waals surface area (Å²) < 4.78 is 5.08. The number of Topliss-reactive ketones (excluding diaryl/α,β-unsaturated/α-hetero) is 1. The van der Waals surface area contributed by atoms with Crippen LogP contribution in [-0.4, -0.2) is 18.0 Å². The molecule has 0 amide bonds. The third-order valence-corrected chi connectivity index (χ3v) is 1.98. The number of benzene rings is 1. The van der Waals surface area contributed by atoms with Crippen molar-refractivity contribution in [1.29, 1.82) is 0 Å². The Labute approximate surface area is 83.3 Å². The molecule has 3 heteroatoms. The van der Waals surface area contributed by atoms with Crippen LogP contribution in [0.25, 0.3) is 0 Å². The minimum Gasteiger partial charge on any atom is -0.496 e. The second kappa shape index (κ2) is 4.77. The standard InChI is InChI=1S/C11H14O3/c1-8(12)7-10(13)9-5-3-4-6-11(9)14-2/h3-6,10,13H,7H2,1-2H3/t10-/m0/s1. The average Bonchev–Trinajstić information content (AvgIpc) is 2.16. The van der Waals surface area contributed by atoms with Gasteiger partial charge in [-0.15, -0.1) is 0 Å². The molecule has 14 heavy (non-hydrogen) atoms. The van der Waals surface area contributed by atoms with E-state index in [1.54, 1.807) is 25.3 Å². The molecule has 0 heterocycles. The summed E-state index contributed by atoms with van der Waals surface area (Å²) in [5.41, 5.74) is 0.658. The van der Waals surface area contributed by atoms with Crippen LogP contribution in [0.4, 0.5) is 0 Å². The minimum absolute atomic E-state index is 0.0385. The Hall–Kier alpha value is -1.35. The molecule has 0 aliphatic heterocycles. The smallest absolute Gasteiger partial charge is 0.132 e. The summed E-state index contributed by atoms with van der Waals surface area (Å²) in [6.45, 7) is 1.46. The molecule has 1 aromatic rings. The molecule has 76 valence electrons. The van der Waals surface area contributed by atoms with Crippen molar-refractivity contribution in [2.45, 2.75) is 19.4 Å². The summed E-state index contributed by atoms with van der Waals surface area (Å²) >= 11 is 0. The van der Waals surface area contributed by atoms with Gasteiger partial charge in [0.25, 0.3) is 0 Å². The van der Waals surface area contributed by atoms with Crippen molar-refractivity contribution in [2.24, 2.45) is 0 Å². The lowest BCUT2D eigenvalue weighted by molar-refractivity contribution is -0.118. The summed E-state index contributed by atoms with van der Waals surface area (Å²) in [6.07, 6.45) is -0.649. The maximum absolute atomic E-state index is 10.8. The van der Waals surface area contributed by atoms with Crippen LogP contribution in [0.1, 0.15) is 25.0 Å². The molecule has 0 aromatic heterocycles. The van der Waals surface area contributed by atoms with Gasteiger partial charge in [-0.05, 0) is 13.0 Å². The van der Waals surface area contributed by atoms with Gasteiger partial charge >= 0.3 is 0 Å². The van der Waals surface area contributed by atoms with Gasteiger partial charge in [0.15, 0.2) is 0 Å². The molecule has 0 spiro atoms. The van der Waals surface area contributed by atoms with Gasteiger partial charge in [0.2, 0.25) is 0 Å². The lowest BCUT2D eigenvalue weighted by Crippen LogP contribution is -2.04. The van der Waals surface area contributed by atoms with E-state index in [0.717, 1.165) is 0 Å². The molecule has 0 aliphatic rings. The average molecular weight is 194 g/mol. The van der Waals surface area contributed by atoms with Crippen LogP contribution in [0, 0.1) is 0 Å². The van der Waals surface area contributed by atoms with Gasteiger partial charge in [-0.1, -0.05) is 18.2 Å². The highest BCUT2D eigenvalue weighted by molar-refractivity contribution is 5.76. The van der Waals surface area contributed by atoms with Crippen molar-refractivity contribution >= 4 is 5.78 Å². The Bertz CT molecular complexity index is 320. The van der Waals surface area contributed by atoms with Crippen LogP contribution in [0.2, 0.25) is 0 Å². The zero-order valence-corrected chi connectivity index (χ0v) is 8.36. The predicted octanol–water partition coefficient (Wildman–Crippen LogP) is 1.71. The Balaban J connectivity index is 2.87. The lowest BCUT2D eigenvalue weighted by atomic mass is 10.0. The molecule has 0 unspecified atom stereocenters. The zero-order chi connectivity index (χ0) is 10.6. The molecule has 1 aromatic carbocycles. The number of rotatable bonds is 4. The number of para-hydroxylation sites is 1. The van der Waals surface area contributed by atoms with Crippen LogP contribution in [0.15, 0.2) is 24.3 Å². The summed E-state index contributed by atoms with van der Waals surface area (Å²) in [7, 11) is 1.54. The van der Waals surface area contributed by atoms with E-state index < -0.39 is 6.10 Å². The summed E-state index contributed by atoms with van der Waals surface area (Å²) in [6, 6.07) is 7.15. The van der Waals surface area contributed by atoms with Gasteiger partial charge in [0.05, 0.1) is 13.2 Å². The summed E-state index contributed by atoms with van der Waals surface area (Å²) in [5, 5.41) is 9.70. The number of carbonyl (C=O) groups excluding carboxylic acids is 1. The first-order chi connectivity index (χ1) is 6.65. The summed E-state index contributed by atoms with van der Waals surface area (Å²) in [5.74, 6) is 0.574. The maximum Gasteiger partial charge on any atom is 0.132 e. The second-order valence-corrected chi connectivity index (χ2v) is 3.16. The fourth-order valence-corrected chi connectivity index (χ4v) is 1.32. The molecule has 0 saturated heterocycles. The van der Waals surface area contributed by atoms with Gasteiger partial charge in [0, 0.05) is 12.0 Å². The fourth-order valence-electron chi connectivity index (χ4n) is 1.32. The first-order valence-corrected chi connectivity index (χ1v) is 4.45. The Morgan fingerprint density at radius 3 is 2.71 bits per heavy atom. The molecule has 1 N–H and O–H groups in total. The van der Waals surface area contributed by atoms with Crippen molar-refractivity contribution in [3.05, 3.63) is 29.8 Å². The van der Waals surface area contributed by atoms with Crippen LogP contribution < -0.4 is 4.74 Å². The zero-order valence-electron chi connectivity index (χ0n) is 8.36. The van der Waals surface area contributed by atoms with E-state index in [-0.39, 0.29) is 12.2 Å². The predicted molar refractivity (Wildman–Crippen MR) is 53.3 cm³/mol. The Morgan fingerprint density at radius 2 is 2.14 bits per heavy atom. The van der Waals surface area contributed by atoms with Crippen LogP contribution in [-0.2, 0) is 4.79 Å². The number of methoxy groups -OCH3 is 1. The van der Waals surface area contributed by atoms with E-state index in [4.69, 9.17) is 4.74 Å². The Morgan fingerprint density at radius 1 is 1.50 bits per heavy atom. The first-order valence-electron chi connectivity index (χ1n) is 4.45. The number of carbonyl (C=O) groups is 1.